The van der Waals surface area contributed by atoms with E-state index in [-0.39, 0.29) is 42.8 Å². The maximum absolute atomic E-state index is 13.8. The van der Waals surface area contributed by atoms with E-state index < -0.39 is 23.8 Å². The molecule has 0 aromatic heterocycles. The predicted octanol–water partition coefficient (Wildman–Crippen LogP) is 4.62. The van der Waals surface area contributed by atoms with E-state index in [2.05, 4.69) is 43.1 Å². The number of hydrogen-bond acceptors (Lipinski definition) is 10. The van der Waals surface area contributed by atoms with Crippen LogP contribution in [-0.4, -0.2) is 114 Å². The molecule has 7 aliphatic heterocycles. The number of likely N-dealkylation sites (tertiary alicyclic amines) is 1. The number of amides is 5. The molecule has 10 rings (SSSR count). The van der Waals surface area contributed by atoms with Gasteiger partial charge in [-0.15, -0.1) is 0 Å². The van der Waals surface area contributed by atoms with Crippen molar-refractivity contribution in [3.8, 4) is 11.8 Å². The molecular formula is C44H44ClN7O6. The Morgan fingerprint density at radius 1 is 0.776 bits per heavy atom. The smallest absolute Gasteiger partial charge is 0.262 e. The highest BCUT2D eigenvalue weighted by Crippen LogP contribution is 2.45. The number of carbonyl (C=O) groups excluding carboxylic acids is 5. The van der Waals surface area contributed by atoms with Gasteiger partial charge in [0.1, 0.15) is 24.0 Å². The number of carbonyl (C=O) groups is 5. The van der Waals surface area contributed by atoms with E-state index in [1.165, 1.54) is 0 Å². The molecule has 0 radical (unpaired) electrons. The number of anilines is 2. The number of halogens is 1. The van der Waals surface area contributed by atoms with Crippen LogP contribution in [0.15, 0.2) is 60.7 Å². The number of benzene rings is 3. The zero-order valence-electron chi connectivity index (χ0n) is 32.1. The molecule has 298 valence electrons. The second-order valence-electron chi connectivity index (χ2n) is 17.3. The van der Waals surface area contributed by atoms with E-state index in [1.807, 2.05) is 18.2 Å². The lowest BCUT2D eigenvalue weighted by Crippen LogP contribution is -2.74. The average Bonchev–Trinajstić information content (AvgIpc) is 3.60. The first-order valence-electron chi connectivity index (χ1n) is 20.4. The first kappa shape index (κ1) is 36.9. The van der Waals surface area contributed by atoms with Crippen LogP contribution in [0.3, 0.4) is 0 Å². The summed E-state index contributed by atoms with van der Waals surface area (Å²) in [6.07, 6.45) is 5.77. The molecule has 1 spiro atoms. The molecule has 3 atom stereocenters. The van der Waals surface area contributed by atoms with Crippen LogP contribution in [0.2, 0.25) is 5.02 Å². The molecule has 3 aromatic carbocycles. The van der Waals surface area contributed by atoms with Gasteiger partial charge in [-0.25, -0.2) is 0 Å². The Hall–Kier alpha value is -5.45. The van der Waals surface area contributed by atoms with Crippen LogP contribution in [-0.2, 0) is 9.59 Å². The number of imide groups is 2. The van der Waals surface area contributed by atoms with Crippen LogP contribution < -0.4 is 19.9 Å². The standard InChI is InChI=1S/C44H44ClN7O6/c45-37-20-33(9-3-27(37)21-46)58-34-17-31-6-7-32(18-34)51(31)41(55)26-1-4-28(5-2-26)49-22-44(23-49)24-50(25-44)29-13-15-48(16-14-29)30-8-10-35-36(19-30)43(57)52(42(35)56)38-11-12-39(53)47-40(38)54/h1-5,8-10,19-20,29,31-32,34,38H,6-7,11-18,22-25H2,(H,47,53,54). The number of rotatable bonds is 7. The van der Waals surface area contributed by atoms with Gasteiger partial charge in [-0.2, -0.15) is 5.26 Å². The summed E-state index contributed by atoms with van der Waals surface area (Å²) < 4.78 is 6.27. The molecule has 7 heterocycles. The molecule has 3 aromatic rings. The number of fused-ring (bicyclic) bond motifs is 3. The molecule has 2 bridgehead atoms. The van der Waals surface area contributed by atoms with Gasteiger partial charge in [0, 0.05) is 105 Å². The third-order valence-corrected chi connectivity index (χ3v) is 14.0. The SMILES string of the molecule is N#Cc1ccc(OC2CC3CCC(C2)N3C(=O)c2ccc(N3CC4(C3)CN(C3CCN(c5ccc6c(c5)C(=O)N(C5CCC(=O)NC5=O)C6=O)CC3)C4)cc2)cc1Cl. The second kappa shape index (κ2) is 14.1. The largest absolute Gasteiger partial charge is 0.490 e. The first-order chi connectivity index (χ1) is 28.1. The summed E-state index contributed by atoms with van der Waals surface area (Å²) in [6.45, 7) is 5.88. The average molecular weight is 802 g/mol. The Bertz CT molecular complexity index is 2260. The van der Waals surface area contributed by atoms with Gasteiger partial charge < -0.3 is 19.4 Å². The fourth-order valence-corrected chi connectivity index (χ4v) is 10.9. The van der Waals surface area contributed by atoms with E-state index in [0.717, 1.165) is 99.6 Å². The summed E-state index contributed by atoms with van der Waals surface area (Å²) in [6, 6.07) is 20.6. The third kappa shape index (κ3) is 6.28. The van der Waals surface area contributed by atoms with Crippen molar-refractivity contribution in [3.05, 3.63) is 87.9 Å². The van der Waals surface area contributed by atoms with Crippen molar-refractivity contribution >= 4 is 52.5 Å². The first-order valence-corrected chi connectivity index (χ1v) is 20.8. The number of piperidine rings is 3. The number of nitrogens with one attached hydrogen (secondary N) is 1. The summed E-state index contributed by atoms with van der Waals surface area (Å²) in [5.41, 5.74) is 4.13. The van der Waals surface area contributed by atoms with Gasteiger partial charge in [-0.3, -0.25) is 39.1 Å². The van der Waals surface area contributed by atoms with Crippen LogP contribution in [0.25, 0.3) is 0 Å². The quantitative estimate of drug-likeness (QED) is 0.336. The highest BCUT2D eigenvalue weighted by atomic mass is 35.5. The van der Waals surface area contributed by atoms with Gasteiger partial charge in [0.2, 0.25) is 11.8 Å². The highest BCUT2D eigenvalue weighted by molar-refractivity contribution is 6.31. The van der Waals surface area contributed by atoms with Gasteiger partial charge in [0.15, 0.2) is 0 Å². The minimum Gasteiger partial charge on any atom is -0.490 e. The molecule has 3 unspecified atom stereocenters. The molecule has 1 N–H and O–H groups in total. The lowest BCUT2D eigenvalue weighted by molar-refractivity contribution is -0.136. The molecule has 6 saturated heterocycles. The molecule has 14 heteroatoms. The second-order valence-corrected chi connectivity index (χ2v) is 17.7. The molecule has 5 amide bonds. The van der Waals surface area contributed by atoms with Gasteiger partial charge in [-0.05, 0) is 86.7 Å². The molecule has 13 nitrogen and oxygen atoms in total. The molecule has 0 aliphatic carbocycles. The predicted molar refractivity (Wildman–Crippen MR) is 214 cm³/mol. The number of nitriles is 1. The maximum Gasteiger partial charge on any atom is 0.262 e. The summed E-state index contributed by atoms with van der Waals surface area (Å²) >= 11 is 6.22. The Balaban J connectivity index is 0.686. The van der Waals surface area contributed by atoms with Gasteiger partial charge in [0.25, 0.3) is 17.7 Å². The summed E-state index contributed by atoms with van der Waals surface area (Å²) in [5.74, 6) is -1.20. The molecule has 0 saturated carbocycles. The lowest BCUT2D eigenvalue weighted by Gasteiger charge is -2.63. The third-order valence-electron chi connectivity index (χ3n) is 13.7. The van der Waals surface area contributed by atoms with Crippen LogP contribution in [0.4, 0.5) is 11.4 Å². The Labute approximate surface area is 341 Å². The number of ether oxygens (including phenoxy) is 1. The summed E-state index contributed by atoms with van der Waals surface area (Å²) in [4.78, 5) is 74.7. The van der Waals surface area contributed by atoms with E-state index in [4.69, 9.17) is 16.3 Å². The minimum atomic E-state index is -0.968. The monoisotopic (exact) mass is 801 g/mol. The van der Waals surface area contributed by atoms with Crippen LogP contribution in [0.5, 0.6) is 5.75 Å². The highest BCUT2D eigenvalue weighted by Gasteiger charge is 2.53. The Morgan fingerprint density at radius 2 is 1.47 bits per heavy atom. The molecule has 58 heavy (non-hydrogen) atoms. The lowest BCUT2D eigenvalue weighted by atomic mass is 9.71. The number of nitrogens with zero attached hydrogens (tertiary/aromatic N) is 6. The van der Waals surface area contributed by atoms with Crippen molar-refractivity contribution in [2.24, 2.45) is 5.41 Å². The van der Waals surface area contributed by atoms with E-state index in [0.29, 0.717) is 38.9 Å². The fourth-order valence-electron chi connectivity index (χ4n) is 10.7. The van der Waals surface area contributed by atoms with Crippen molar-refractivity contribution in [2.75, 3.05) is 49.1 Å². The van der Waals surface area contributed by atoms with Crippen molar-refractivity contribution in [1.29, 1.82) is 5.26 Å². The van der Waals surface area contributed by atoms with E-state index in [9.17, 15) is 29.2 Å². The topological polar surface area (TPSA) is 147 Å². The van der Waals surface area contributed by atoms with Crippen molar-refractivity contribution < 1.29 is 28.7 Å². The normalized spacial score (nSPS) is 26.6. The maximum atomic E-state index is 13.8. The van der Waals surface area contributed by atoms with Gasteiger partial charge in [0.05, 0.1) is 21.7 Å². The van der Waals surface area contributed by atoms with Crippen LogP contribution in [0, 0.1) is 16.7 Å². The van der Waals surface area contributed by atoms with Crippen molar-refractivity contribution in [1.82, 2.24) is 20.0 Å². The van der Waals surface area contributed by atoms with Crippen molar-refractivity contribution in [2.45, 2.75) is 81.6 Å². The minimum absolute atomic E-state index is 0.00225. The van der Waals surface area contributed by atoms with Crippen molar-refractivity contribution in [3.63, 3.8) is 0 Å². The zero-order valence-corrected chi connectivity index (χ0v) is 32.8. The fraction of sp³-hybridized carbons (Fsp3) is 0.455. The van der Waals surface area contributed by atoms with Gasteiger partial charge in [-0.1, -0.05) is 11.6 Å². The van der Waals surface area contributed by atoms with Crippen LogP contribution >= 0.6 is 11.6 Å². The van der Waals surface area contributed by atoms with Gasteiger partial charge >= 0.3 is 0 Å². The summed E-state index contributed by atoms with van der Waals surface area (Å²) in [7, 11) is 0. The zero-order chi connectivity index (χ0) is 39.9. The number of hydrogen-bond donors (Lipinski definition) is 1. The Morgan fingerprint density at radius 3 is 2.14 bits per heavy atom. The molecular weight excluding hydrogens is 758 g/mol. The molecule has 7 aliphatic rings. The van der Waals surface area contributed by atoms with E-state index >= 15 is 0 Å². The van der Waals surface area contributed by atoms with E-state index in [1.54, 1.807) is 30.3 Å². The molecule has 6 fully saturated rings. The Kier molecular flexibility index (Phi) is 8.98. The summed E-state index contributed by atoms with van der Waals surface area (Å²) in [5, 5.41) is 11.8. The van der Waals surface area contributed by atoms with Crippen LogP contribution in [0.1, 0.15) is 88.0 Å².